The monoisotopic (exact) mass is 303 g/mol. The highest BCUT2D eigenvalue weighted by Gasteiger charge is 2.27. The van der Waals surface area contributed by atoms with Crippen LogP contribution in [0.3, 0.4) is 0 Å². The van der Waals surface area contributed by atoms with E-state index < -0.39 is 10.0 Å². The number of hydrogen-bond acceptors (Lipinski definition) is 3. The summed E-state index contributed by atoms with van der Waals surface area (Å²) in [6.07, 6.45) is 0.517. The van der Waals surface area contributed by atoms with Gasteiger partial charge in [0.1, 0.15) is 12.4 Å². The van der Waals surface area contributed by atoms with Gasteiger partial charge in [-0.05, 0) is 24.1 Å². The molecule has 0 spiro atoms. The van der Waals surface area contributed by atoms with Crippen LogP contribution in [0.2, 0.25) is 0 Å². The van der Waals surface area contributed by atoms with Gasteiger partial charge in [0.2, 0.25) is 10.0 Å². The van der Waals surface area contributed by atoms with Gasteiger partial charge < -0.3 is 4.74 Å². The van der Waals surface area contributed by atoms with E-state index in [2.05, 4.69) is 0 Å². The molecule has 0 aliphatic carbocycles. The van der Waals surface area contributed by atoms with Gasteiger partial charge in [-0.3, -0.25) is 4.31 Å². The maximum absolute atomic E-state index is 12.6. The summed E-state index contributed by atoms with van der Waals surface area (Å²) in [5.74, 6) is 0.734. The van der Waals surface area contributed by atoms with Gasteiger partial charge in [-0.2, -0.15) is 0 Å². The molecule has 3 rings (SSSR count). The van der Waals surface area contributed by atoms with Crippen molar-refractivity contribution in [3.05, 3.63) is 60.2 Å². The molecule has 0 N–H and O–H groups in total. The molecule has 0 amide bonds. The highest BCUT2D eigenvalue weighted by molar-refractivity contribution is 7.92. The van der Waals surface area contributed by atoms with Gasteiger partial charge in [-0.25, -0.2) is 8.42 Å². The van der Waals surface area contributed by atoms with Crippen molar-refractivity contribution in [1.82, 2.24) is 0 Å². The first-order valence-corrected chi connectivity index (χ1v) is 8.54. The molecule has 21 heavy (non-hydrogen) atoms. The number of rotatable bonds is 4. The van der Waals surface area contributed by atoms with Crippen molar-refractivity contribution in [2.75, 3.05) is 23.2 Å². The van der Waals surface area contributed by atoms with Crippen LogP contribution in [-0.2, 0) is 16.4 Å². The smallest absolute Gasteiger partial charge is 0.235 e. The number of anilines is 1. The van der Waals surface area contributed by atoms with Crippen LogP contribution in [0.1, 0.15) is 5.56 Å². The number of fused-ring (bicyclic) bond motifs is 1. The van der Waals surface area contributed by atoms with Gasteiger partial charge in [0.25, 0.3) is 0 Å². The Bertz CT molecular complexity index is 713. The third kappa shape index (κ3) is 3.03. The van der Waals surface area contributed by atoms with Crippen molar-refractivity contribution in [1.29, 1.82) is 0 Å². The Morgan fingerprint density at radius 2 is 1.71 bits per heavy atom. The first-order valence-electron chi connectivity index (χ1n) is 6.93. The molecule has 2 aromatic rings. The van der Waals surface area contributed by atoms with Crippen LogP contribution in [-0.4, -0.2) is 27.3 Å². The Morgan fingerprint density at radius 3 is 2.52 bits per heavy atom. The van der Waals surface area contributed by atoms with E-state index in [-0.39, 0.29) is 5.75 Å². The normalized spacial score (nSPS) is 14.4. The number of ether oxygens (including phenoxy) is 1. The lowest BCUT2D eigenvalue weighted by Gasteiger charge is -2.30. The minimum atomic E-state index is -3.34. The number of hydrogen-bond donors (Lipinski definition) is 0. The minimum absolute atomic E-state index is 0.103. The molecule has 0 bridgehead atoms. The first kappa shape index (κ1) is 13.9. The minimum Gasteiger partial charge on any atom is -0.489 e. The van der Waals surface area contributed by atoms with Crippen LogP contribution >= 0.6 is 0 Å². The lowest BCUT2D eigenvalue weighted by atomic mass is 10.2. The van der Waals surface area contributed by atoms with E-state index >= 15 is 0 Å². The van der Waals surface area contributed by atoms with Crippen molar-refractivity contribution in [3.63, 3.8) is 0 Å². The van der Waals surface area contributed by atoms with E-state index in [4.69, 9.17) is 4.74 Å². The third-order valence-corrected chi connectivity index (χ3v) is 5.28. The van der Waals surface area contributed by atoms with E-state index in [0.29, 0.717) is 31.0 Å². The molecule has 1 heterocycles. The van der Waals surface area contributed by atoms with Crippen molar-refractivity contribution in [2.45, 2.75) is 6.42 Å². The zero-order valence-corrected chi connectivity index (χ0v) is 12.4. The number of benzene rings is 2. The van der Waals surface area contributed by atoms with Crippen molar-refractivity contribution >= 4 is 15.7 Å². The molecular formula is C16H17NO3S. The molecular weight excluding hydrogens is 286 g/mol. The highest BCUT2D eigenvalue weighted by atomic mass is 32.2. The summed E-state index contributed by atoms with van der Waals surface area (Å²) in [4.78, 5) is 0. The maximum atomic E-state index is 12.6. The van der Waals surface area contributed by atoms with E-state index in [0.717, 1.165) is 5.56 Å². The van der Waals surface area contributed by atoms with Gasteiger partial charge in [0, 0.05) is 0 Å². The zero-order chi connectivity index (χ0) is 14.7. The fourth-order valence-electron chi connectivity index (χ4n) is 2.43. The molecule has 110 valence electrons. The molecule has 2 aromatic carbocycles. The Morgan fingerprint density at radius 1 is 1.00 bits per heavy atom. The number of aryl methyl sites for hydroxylation is 1. The SMILES string of the molecule is O=S(=O)(CCc1ccccc1)N1CCOc2ccccc21. The zero-order valence-electron chi connectivity index (χ0n) is 11.6. The van der Waals surface area contributed by atoms with E-state index in [1.54, 1.807) is 12.1 Å². The van der Waals surface area contributed by atoms with E-state index in [1.807, 2.05) is 42.5 Å². The summed E-state index contributed by atoms with van der Waals surface area (Å²) >= 11 is 0. The van der Waals surface area contributed by atoms with E-state index in [9.17, 15) is 8.42 Å². The van der Waals surface area contributed by atoms with Crippen LogP contribution < -0.4 is 9.04 Å². The van der Waals surface area contributed by atoms with Gasteiger partial charge in [0.15, 0.2) is 0 Å². The standard InChI is InChI=1S/C16H17NO3S/c18-21(19,13-10-14-6-2-1-3-7-14)17-11-12-20-16-9-5-4-8-15(16)17/h1-9H,10-13H2. The first-order chi connectivity index (χ1) is 10.2. The van der Waals surface area contributed by atoms with Gasteiger partial charge >= 0.3 is 0 Å². The topological polar surface area (TPSA) is 46.6 Å². The molecule has 1 aliphatic heterocycles. The molecule has 1 aliphatic rings. The second-order valence-corrected chi connectivity index (χ2v) is 6.95. The Balaban J connectivity index is 1.80. The summed E-state index contributed by atoms with van der Waals surface area (Å²) in [6.45, 7) is 0.760. The molecule has 0 aromatic heterocycles. The second-order valence-electron chi connectivity index (χ2n) is 4.94. The van der Waals surface area contributed by atoms with Crippen LogP contribution in [0.4, 0.5) is 5.69 Å². The lowest BCUT2D eigenvalue weighted by Crippen LogP contribution is -2.39. The predicted octanol–water partition coefficient (Wildman–Crippen LogP) is 2.46. The molecule has 4 nitrogen and oxygen atoms in total. The number of nitrogens with zero attached hydrogens (tertiary/aromatic N) is 1. The highest BCUT2D eigenvalue weighted by Crippen LogP contribution is 2.33. The van der Waals surface area contributed by atoms with Crippen LogP contribution in [0.25, 0.3) is 0 Å². The fraction of sp³-hybridized carbons (Fsp3) is 0.250. The molecule has 0 atom stereocenters. The molecule has 0 saturated heterocycles. The number of para-hydroxylation sites is 2. The molecule has 5 heteroatoms. The molecule has 0 radical (unpaired) electrons. The van der Waals surface area contributed by atoms with E-state index in [1.165, 1.54) is 4.31 Å². The summed E-state index contributed by atoms with van der Waals surface area (Å²) in [6, 6.07) is 16.9. The van der Waals surface area contributed by atoms with Crippen LogP contribution in [0, 0.1) is 0 Å². The summed E-state index contributed by atoms with van der Waals surface area (Å²) in [7, 11) is -3.34. The van der Waals surface area contributed by atoms with Gasteiger partial charge in [0.05, 0.1) is 18.0 Å². The number of sulfonamides is 1. The lowest BCUT2D eigenvalue weighted by molar-refractivity contribution is 0.316. The largest absolute Gasteiger partial charge is 0.489 e. The molecule has 0 unspecified atom stereocenters. The summed E-state index contributed by atoms with van der Waals surface area (Å²) < 4.78 is 32.2. The van der Waals surface area contributed by atoms with Crippen molar-refractivity contribution in [2.24, 2.45) is 0 Å². The van der Waals surface area contributed by atoms with Crippen molar-refractivity contribution < 1.29 is 13.2 Å². The van der Waals surface area contributed by atoms with Gasteiger partial charge in [-0.1, -0.05) is 42.5 Å². The maximum Gasteiger partial charge on any atom is 0.235 e. The van der Waals surface area contributed by atoms with Crippen LogP contribution in [0.15, 0.2) is 54.6 Å². The Kier molecular flexibility index (Phi) is 3.84. The van der Waals surface area contributed by atoms with Gasteiger partial charge in [-0.15, -0.1) is 0 Å². The Labute approximate surface area is 125 Å². The third-order valence-electron chi connectivity index (χ3n) is 3.51. The quantitative estimate of drug-likeness (QED) is 0.871. The summed E-state index contributed by atoms with van der Waals surface area (Å²) in [5.41, 5.74) is 1.67. The molecule has 0 fully saturated rings. The average Bonchev–Trinajstić information content (AvgIpc) is 2.53. The Hall–Kier alpha value is -2.01. The fourth-order valence-corrected chi connectivity index (χ4v) is 3.95. The molecule has 0 saturated carbocycles. The predicted molar refractivity (Wildman–Crippen MR) is 83.2 cm³/mol. The van der Waals surface area contributed by atoms with Crippen LogP contribution in [0.5, 0.6) is 5.75 Å². The van der Waals surface area contributed by atoms with Crippen molar-refractivity contribution in [3.8, 4) is 5.75 Å². The second kappa shape index (κ2) is 5.77. The average molecular weight is 303 g/mol. The summed E-state index contributed by atoms with van der Waals surface area (Å²) in [5, 5.41) is 0.